The van der Waals surface area contributed by atoms with Crippen molar-refractivity contribution in [3.63, 3.8) is 0 Å². The van der Waals surface area contributed by atoms with E-state index >= 15 is 0 Å². The lowest BCUT2D eigenvalue weighted by molar-refractivity contribution is -0.274. The maximum absolute atomic E-state index is 12.4. The van der Waals surface area contributed by atoms with E-state index in [-0.39, 0.29) is 30.4 Å². The summed E-state index contributed by atoms with van der Waals surface area (Å²) >= 11 is 0. The van der Waals surface area contributed by atoms with Crippen molar-refractivity contribution in [2.24, 2.45) is 0 Å². The Hall–Kier alpha value is -2.55. The Morgan fingerprint density at radius 1 is 1.12 bits per heavy atom. The summed E-state index contributed by atoms with van der Waals surface area (Å²) in [7, 11) is 0. The number of nitrogens with one attached hydrogen (secondary N) is 2. The lowest BCUT2D eigenvalue weighted by atomic mass is 10.1. The first-order valence-corrected chi connectivity index (χ1v) is 8.05. The average molecular weight is 370 g/mol. The third-order valence-corrected chi connectivity index (χ3v) is 3.18. The van der Waals surface area contributed by atoms with Gasteiger partial charge in [0, 0.05) is 23.7 Å². The number of anilines is 2. The Kier molecular flexibility index (Phi) is 6.25. The van der Waals surface area contributed by atoms with E-state index in [1.165, 1.54) is 18.2 Å². The highest BCUT2D eigenvalue weighted by Crippen LogP contribution is 2.28. The second-order valence-electron chi connectivity index (χ2n) is 6.06. The van der Waals surface area contributed by atoms with E-state index in [4.69, 9.17) is 0 Å². The fourth-order valence-corrected chi connectivity index (χ4v) is 2.15. The van der Waals surface area contributed by atoms with Crippen LogP contribution < -0.4 is 15.4 Å². The molecule has 26 heavy (non-hydrogen) atoms. The van der Waals surface area contributed by atoms with Crippen LogP contribution in [-0.4, -0.2) is 40.1 Å². The Morgan fingerprint density at radius 2 is 1.85 bits per heavy atom. The molecular formula is C17H21F3N4O2. The van der Waals surface area contributed by atoms with E-state index in [1.807, 2.05) is 13.8 Å². The van der Waals surface area contributed by atoms with Gasteiger partial charge in [-0.25, -0.2) is 4.98 Å². The molecule has 142 valence electrons. The van der Waals surface area contributed by atoms with Crippen LogP contribution in [-0.2, 0) is 0 Å². The summed E-state index contributed by atoms with van der Waals surface area (Å²) < 4.78 is 41.3. The highest BCUT2D eigenvalue weighted by atomic mass is 19.4. The molecule has 1 aromatic heterocycles. The second kappa shape index (κ2) is 8.22. The number of ether oxygens (including phenoxy) is 1. The first-order valence-electron chi connectivity index (χ1n) is 8.05. The van der Waals surface area contributed by atoms with Crippen LogP contribution >= 0.6 is 0 Å². The Labute approximate surface area is 149 Å². The molecule has 9 heteroatoms. The fraction of sp³-hybridized carbons (Fsp3) is 0.412. The molecule has 0 unspecified atom stereocenters. The van der Waals surface area contributed by atoms with E-state index in [1.54, 1.807) is 19.1 Å². The van der Waals surface area contributed by atoms with Gasteiger partial charge in [-0.2, -0.15) is 4.98 Å². The summed E-state index contributed by atoms with van der Waals surface area (Å²) in [6.07, 6.45) is -4.77. The maximum atomic E-state index is 12.4. The molecule has 0 aliphatic rings. The molecule has 0 aliphatic heterocycles. The van der Waals surface area contributed by atoms with Crippen molar-refractivity contribution in [2.45, 2.75) is 39.2 Å². The molecule has 0 saturated carbocycles. The molecule has 6 nitrogen and oxygen atoms in total. The SMILES string of the molecule is CC(C)Nc1cc(-c2cccc(OC(F)(F)F)c2)nc(N[C@H](C)CO)n1. The number of aliphatic hydroxyl groups excluding tert-OH is 1. The topological polar surface area (TPSA) is 79.3 Å². The van der Waals surface area contributed by atoms with E-state index < -0.39 is 6.36 Å². The highest BCUT2D eigenvalue weighted by molar-refractivity contribution is 5.66. The molecule has 0 spiro atoms. The molecule has 0 saturated heterocycles. The highest BCUT2D eigenvalue weighted by Gasteiger charge is 2.31. The molecule has 0 bridgehead atoms. The number of aromatic nitrogens is 2. The predicted octanol–water partition coefficient (Wildman–Crippen LogP) is 3.66. The molecule has 2 aromatic rings. The van der Waals surface area contributed by atoms with Gasteiger partial charge in [0.2, 0.25) is 5.95 Å². The third kappa shape index (κ3) is 6.07. The van der Waals surface area contributed by atoms with Gasteiger partial charge in [0.1, 0.15) is 11.6 Å². The van der Waals surface area contributed by atoms with Gasteiger partial charge in [0.05, 0.1) is 12.3 Å². The zero-order valence-electron chi connectivity index (χ0n) is 14.6. The van der Waals surface area contributed by atoms with Crippen molar-refractivity contribution >= 4 is 11.8 Å². The number of halogens is 3. The molecule has 0 amide bonds. The second-order valence-corrected chi connectivity index (χ2v) is 6.06. The van der Waals surface area contributed by atoms with Crippen molar-refractivity contribution in [3.05, 3.63) is 30.3 Å². The van der Waals surface area contributed by atoms with Crippen LogP contribution in [0.25, 0.3) is 11.3 Å². The largest absolute Gasteiger partial charge is 0.573 e. The van der Waals surface area contributed by atoms with Crippen LogP contribution in [0.4, 0.5) is 24.9 Å². The number of hydrogen-bond acceptors (Lipinski definition) is 6. The van der Waals surface area contributed by atoms with E-state index in [9.17, 15) is 18.3 Å². The maximum Gasteiger partial charge on any atom is 0.573 e. The van der Waals surface area contributed by atoms with Gasteiger partial charge in [0.25, 0.3) is 0 Å². The van der Waals surface area contributed by atoms with Gasteiger partial charge in [-0.15, -0.1) is 13.2 Å². The van der Waals surface area contributed by atoms with E-state index in [0.717, 1.165) is 0 Å². The van der Waals surface area contributed by atoms with Gasteiger partial charge in [0.15, 0.2) is 0 Å². The smallest absolute Gasteiger partial charge is 0.406 e. The minimum atomic E-state index is -4.77. The molecule has 0 radical (unpaired) electrons. The minimum Gasteiger partial charge on any atom is -0.406 e. The Balaban J connectivity index is 2.40. The summed E-state index contributed by atoms with van der Waals surface area (Å²) in [6.45, 7) is 5.50. The van der Waals surface area contributed by atoms with E-state index in [0.29, 0.717) is 17.1 Å². The van der Waals surface area contributed by atoms with Crippen molar-refractivity contribution in [1.82, 2.24) is 9.97 Å². The van der Waals surface area contributed by atoms with Gasteiger partial charge >= 0.3 is 6.36 Å². The molecule has 1 atom stereocenters. The first kappa shape index (κ1) is 19.8. The van der Waals surface area contributed by atoms with Crippen LogP contribution in [0.5, 0.6) is 5.75 Å². The Bertz CT molecular complexity index is 738. The number of alkyl halides is 3. The summed E-state index contributed by atoms with van der Waals surface area (Å²) in [5.74, 6) is 0.444. The van der Waals surface area contributed by atoms with Crippen molar-refractivity contribution in [2.75, 3.05) is 17.2 Å². The number of nitrogens with zero attached hydrogens (tertiary/aromatic N) is 2. The van der Waals surface area contributed by atoms with Gasteiger partial charge in [-0.05, 0) is 32.9 Å². The standard InChI is InChI=1S/C17H21F3N4O2/c1-10(2)21-15-8-14(23-16(24-15)22-11(3)9-25)12-5-4-6-13(7-12)26-17(18,19)20/h4-8,10-11,25H,9H2,1-3H3,(H2,21,22,23,24)/t11-/m1/s1. The van der Waals surface area contributed by atoms with Gasteiger partial charge in [-0.3, -0.25) is 0 Å². The summed E-state index contributed by atoms with van der Waals surface area (Å²) in [5, 5.41) is 15.3. The normalized spacial score (nSPS) is 12.8. The third-order valence-electron chi connectivity index (χ3n) is 3.18. The van der Waals surface area contributed by atoms with Crippen LogP contribution in [0.1, 0.15) is 20.8 Å². The monoisotopic (exact) mass is 370 g/mol. The predicted molar refractivity (Wildman–Crippen MR) is 93.1 cm³/mol. The lowest BCUT2D eigenvalue weighted by Crippen LogP contribution is -2.22. The van der Waals surface area contributed by atoms with Crippen molar-refractivity contribution in [3.8, 4) is 17.0 Å². The molecule has 0 fully saturated rings. The Morgan fingerprint density at radius 3 is 2.46 bits per heavy atom. The number of hydrogen-bond donors (Lipinski definition) is 3. The quantitative estimate of drug-likeness (QED) is 0.690. The fourth-order valence-electron chi connectivity index (χ4n) is 2.15. The van der Waals surface area contributed by atoms with Crippen LogP contribution in [0.15, 0.2) is 30.3 Å². The van der Waals surface area contributed by atoms with Gasteiger partial charge in [-0.1, -0.05) is 12.1 Å². The first-order chi connectivity index (χ1) is 12.2. The van der Waals surface area contributed by atoms with Crippen LogP contribution in [0, 0.1) is 0 Å². The zero-order chi connectivity index (χ0) is 19.3. The molecule has 0 aliphatic carbocycles. The molecule has 1 aromatic carbocycles. The van der Waals surface area contributed by atoms with Gasteiger partial charge < -0.3 is 20.5 Å². The summed E-state index contributed by atoms with van der Waals surface area (Å²) in [5.41, 5.74) is 0.865. The zero-order valence-corrected chi connectivity index (χ0v) is 14.6. The molecule has 3 N–H and O–H groups in total. The summed E-state index contributed by atoms with van der Waals surface area (Å²) in [4.78, 5) is 8.64. The van der Waals surface area contributed by atoms with Crippen molar-refractivity contribution in [1.29, 1.82) is 0 Å². The van der Waals surface area contributed by atoms with Crippen LogP contribution in [0.3, 0.4) is 0 Å². The summed E-state index contributed by atoms with van der Waals surface area (Å²) in [6, 6.07) is 7.02. The molecule has 2 rings (SSSR count). The van der Waals surface area contributed by atoms with E-state index in [2.05, 4.69) is 25.3 Å². The number of rotatable bonds is 7. The van der Waals surface area contributed by atoms with Crippen LogP contribution in [0.2, 0.25) is 0 Å². The minimum absolute atomic E-state index is 0.0979. The lowest BCUT2D eigenvalue weighted by Gasteiger charge is -2.16. The average Bonchev–Trinajstić information content (AvgIpc) is 2.52. The number of benzene rings is 1. The molecule has 1 heterocycles. The number of aliphatic hydroxyl groups is 1. The molecular weight excluding hydrogens is 349 g/mol. The van der Waals surface area contributed by atoms with Crippen molar-refractivity contribution < 1.29 is 23.0 Å².